The Bertz CT molecular complexity index is 689. The topological polar surface area (TPSA) is 57.6 Å². The average molecular weight is 321 g/mol. The van der Waals surface area contributed by atoms with E-state index < -0.39 is 21.7 Å². The van der Waals surface area contributed by atoms with Crippen LogP contribution in [0.5, 0.6) is 0 Å². The summed E-state index contributed by atoms with van der Waals surface area (Å²) in [6.07, 6.45) is 1.75. The smallest absolute Gasteiger partial charge is 0.243 e. The summed E-state index contributed by atoms with van der Waals surface area (Å²) in [4.78, 5) is 0.305. The second-order valence-corrected chi connectivity index (χ2v) is 8.57. The SMILES string of the molecule is C=C(C)[C@@H]1CN(S(=O)(=O)c2ccc(C)cc2)C2(CCC2)[C@H]1O. The zero-order valence-corrected chi connectivity index (χ0v) is 13.9. The molecule has 1 heterocycles. The van der Waals surface area contributed by atoms with E-state index in [4.69, 9.17) is 0 Å². The summed E-state index contributed by atoms with van der Waals surface area (Å²) >= 11 is 0. The molecule has 3 rings (SSSR count). The third kappa shape index (κ3) is 2.14. The molecule has 1 saturated carbocycles. The second-order valence-electron chi connectivity index (χ2n) is 6.70. The van der Waals surface area contributed by atoms with Crippen molar-refractivity contribution in [3.05, 3.63) is 42.0 Å². The van der Waals surface area contributed by atoms with Crippen LogP contribution in [0.1, 0.15) is 31.7 Å². The summed E-state index contributed by atoms with van der Waals surface area (Å²) in [6, 6.07) is 6.92. The van der Waals surface area contributed by atoms with Crippen LogP contribution in [0.15, 0.2) is 41.3 Å². The first-order valence-electron chi connectivity index (χ1n) is 7.72. The van der Waals surface area contributed by atoms with Crippen LogP contribution in [0.25, 0.3) is 0 Å². The van der Waals surface area contributed by atoms with Gasteiger partial charge in [0.05, 0.1) is 16.5 Å². The van der Waals surface area contributed by atoms with Crippen molar-refractivity contribution in [3.8, 4) is 0 Å². The fourth-order valence-corrected chi connectivity index (χ4v) is 5.53. The van der Waals surface area contributed by atoms with E-state index in [2.05, 4.69) is 6.58 Å². The van der Waals surface area contributed by atoms with E-state index in [1.54, 1.807) is 12.1 Å². The van der Waals surface area contributed by atoms with Crippen molar-refractivity contribution in [2.75, 3.05) is 6.54 Å². The third-order valence-corrected chi connectivity index (χ3v) is 7.21. The fraction of sp³-hybridized carbons (Fsp3) is 0.529. The maximum absolute atomic E-state index is 13.1. The van der Waals surface area contributed by atoms with E-state index in [1.165, 1.54) is 4.31 Å². The molecule has 1 aliphatic carbocycles. The molecule has 1 N–H and O–H groups in total. The molecule has 1 aromatic rings. The molecule has 2 aliphatic rings. The van der Waals surface area contributed by atoms with Crippen molar-refractivity contribution in [2.45, 2.75) is 49.6 Å². The van der Waals surface area contributed by atoms with E-state index in [9.17, 15) is 13.5 Å². The summed E-state index contributed by atoms with van der Waals surface area (Å²) in [5.41, 5.74) is 1.24. The number of sulfonamides is 1. The predicted molar refractivity (Wildman–Crippen MR) is 86.0 cm³/mol. The van der Waals surface area contributed by atoms with Gasteiger partial charge in [0, 0.05) is 12.5 Å². The normalized spacial score (nSPS) is 27.8. The van der Waals surface area contributed by atoms with Gasteiger partial charge in [-0.3, -0.25) is 0 Å². The highest BCUT2D eigenvalue weighted by Crippen LogP contribution is 2.51. The van der Waals surface area contributed by atoms with Crippen LogP contribution >= 0.6 is 0 Å². The highest BCUT2D eigenvalue weighted by molar-refractivity contribution is 7.89. The summed E-state index contributed by atoms with van der Waals surface area (Å²) in [7, 11) is -3.59. The number of rotatable bonds is 3. The van der Waals surface area contributed by atoms with Crippen molar-refractivity contribution in [3.63, 3.8) is 0 Å². The van der Waals surface area contributed by atoms with Gasteiger partial charge in [-0.2, -0.15) is 4.31 Å². The second kappa shape index (κ2) is 5.18. The van der Waals surface area contributed by atoms with Crippen molar-refractivity contribution in [1.82, 2.24) is 4.31 Å². The van der Waals surface area contributed by atoms with Gasteiger partial charge < -0.3 is 5.11 Å². The lowest BCUT2D eigenvalue weighted by atomic mass is 9.71. The van der Waals surface area contributed by atoms with E-state index in [0.717, 1.165) is 30.4 Å². The Morgan fingerprint density at radius 1 is 1.32 bits per heavy atom. The highest BCUT2D eigenvalue weighted by Gasteiger charge is 2.60. The lowest BCUT2D eigenvalue weighted by molar-refractivity contribution is -0.00326. The van der Waals surface area contributed by atoms with Crippen molar-refractivity contribution < 1.29 is 13.5 Å². The molecule has 22 heavy (non-hydrogen) atoms. The molecule has 5 heteroatoms. The van der Waals surface area contributed by atoms with Crippen LogP contribution < -0.4 is 0 Å². The van der Waals surface area contributed by atoms with E-state index in [0.29, 0.717) is 11.4 Å². The molecule has 0 amide bonds. The molecule has 2 atom stereocenters. The minimum absolute atomic E-state index is 0.180. The number of hydrogen-bond donors (Lipinski definition) is 1. The van der Waals surface area contributed by atoms with E-state index in [1.807, 2.05) is 26.0 Å². The number of hydrogen-bond acceptors (Lipinski definition) is 3. The van der Waals surface area contributed by atoms with Crippen LogP contribution in [0.2, 0.25) is 0 Å². The molecular weight excluding hydrogens is 298 g/mol. The predicted octanol–water partition coefficient (Wildman–Crippen LogP) is 2.48. The van der Waals surface area contributed by atoms with Gasteiger partial charge >= 0.3 is 0 Å². The van der Waals surface area contributed by atoms with Crippen molar-refractivity contribution in [2.24, 2.45) is 5.92 Å². The Labute approximate surface area is 132 Å². The fourth-order valence-electron chi connectivity index (χ4n) is 3.67. The highest BCUT2D eigenvalue weighted by atomic mass is 32.2. The standard InChI is InChI=1S/C17H23NO3S/c1-12(2)15-11-18(17(16(15)19)9-4-10-17)22(20,21)14-7-5-13(3)6-8-14/h5-8,15-16,19H,1,4,9-11H2,2-3H3/t15-,16-/m0/s1. The molecule has 1 aromatic carbocycles. The third-order valence-electron chi connectivity index (χ3n) is 5.25. The zero-order valence-electron chi connectivity index (χ0n) is 13.1. The molecule has 0 unspecified atom stereocenters. The number of aryl methyl sites for hydroxylation is 1. The van der Waals surface area contributed by atoms with Gasteiger partial charge in [-0.15, -0.1) is 0 Å². The number of aliphatic hydroxyl groups is 1. The maximum Gasteiger partial charge on any atom is 0.243 e. The Kier molecular flexibility index (Phi) is 3.70. The molecule has 4 nitrogen and oxygen atoms in total. The van der Waals surface area contributed by atoms with Crippen LogP contribution in [0.4, 0.5) is 0 Å². The maximum atomic E-state index is 13.1. The minimum Gasteiger partial charge on any atom is -0.390 e. The molecule has 120 valence electrons. The Morgan fingerprint density at radius 2 is 1.91 bits per heavy atom. The van der Waals surface area contributed by atoms with Gasteiger partial charge in [0.15, 0.2) is 0 Å². The van der Waals surface area contributed by atoms with Gasteiger partial charge in [-0.25, -0.2) is 8.42 Å². The van der Waals surface area contributed by atoms with E-state index in [-0.39, 0.29) is 5.92 Å². The molecule has 1 aliphatic heterocycles. The van der Waals surface area contributed by atoms with Crippen molar-refractivity contribution >= 4 is 10.0 Å². The Balaban J connectivity index is 2.02. The van der Waals surface area contributed by atoms with Gasteiger partial charge in [0.25, 0.3) is 0 Å². The molecule has 1 saturated heterocycles. The van der Waals surface area contributed by atoms with Crippen LogP contribution in [-0.2, 0) is 10.0 Å². The monoisotopic (exact) mass is 321 g/mol. The molecule has 2 fully saturated rings. The average Bonchev–Trinajstić information content (AvgIpc) is 2.73. The van der Waals surface area contributed by atoms with Gasteiger partial charge in [0.1, 0.15) is 0 Å². The largest absolute Gasteiger partial charge is 0.390 e. The van der Waals surface area contributed by atoms with Crippen LogP contribution in [-0.4, -0.2) is 36.0 Å². The summed E-state index contributed by atoms with van der Waals surface area (Å²) < 4.78 is 27.6. The number of nitrogens with zero attached hydrogens (tertiary/aromatic N) is 1. The first-order valence-corrected chi connectivity index (χ1v) is 9.16. The summed E-state index contributed by atoms with van der Waals surface area (Å²) in [5.74, 6) is -0.180. The lowest BCUT2D eigenvalue weighted by Crippen LogP contribution is -2.57. The minimum atomic E-state index is -3.59. The van der Waals surface area contributed by atoms with E-state index >= 15 is 0 Å². The molecule has 1 spiro atoms. The first-order chi connectivity index (χ1) is 10.3. The van der Waals surface area contributed by atoms with Crippen LogP contribution in [0.3, 0.4) is 0 Å². The van der Waals surface area contributed by atoms with Gasteiger partial charge in [0.2, 0.25) is 10.0 Å². The number of benzene rings is 1. The summed E-state index contributed by atoms with van der Waals surface area (Å²) in [5, 5.41) is 10.7. The molecule has 0 aromatic heterocycles. The molecular formula is C17H23NO3S. The first kappa shape index (κ1) is 15.7. The summed E-state index contributed by atoms with van der Waals surface area (Å²) in [6.45, 7) is 8.05. The molecule has 0 bridgehead atoms. The zero-order chi connectivity index (χ0) is 16.1. The van der Waals surface area contributed by atoms with Gasteiger partial charge in [-0.05, 0) is 45.2 Å². The quantitative estimate of drug-likeness (QED) is 0.870. The Hall–Kier alpha value is -1.17. The van der Waals surface area contributed by atoms with Gasteiger partial charge in [-0.1, -0.05) is 29.8 Å². The Morgan fingerprint density at radius 3 is 2.36 bits per heavy atom. The number of aliphatic hydroxyl groups excluding tert-OH is 1. The van der Waals surface area contributed by atoms with Crippen molar-refractivity contribution in [1.29, 1.82) is 0 Å². The van der Waals surface area contributed by atoms with Crippen LogP contribution in [0, 0.1) is 12.8 Å². The molecule has 0 radical (unpaired) electrons. The lowest BCUT2D eigenvalue weighted by Gasteiger charge is -2.47.